The van der Waals surface area contributed by atoms with Gasteiger partial charge < -0.3 is 14.9 Å². The summed E-state index contributed by atoms with van der Waals surface area (Å²) in [6, 6.07) is 0.0458. The molecule has 1 aliphatic heterocycles. The second-order valence-corrected chi connectivity index (χ2v) is 5.88. The van der Waals surface area contributed by atoms with E-state index in [1.807, 2.05) is 26.2 Å². The highest BCUT2D eigenvalue weighted by Crippen LogP contribution is 2.39. The lowest BCUT2D eigenvalue weighted by Crippen LogP contribution is -2.58. The Bertz CT molecular complexity index is 500. The molecular weight excluding hydrogens is 256 g/mol. The minimum atomic E-state index is -0.853. The fraction of sp³-hybridized carbons (Fsp3) is 0.643. The van der Waals surface area contributed by atoms with Gasteiger partial charge in [-0.05, 0) is 38.2 Å². The number of anilines is 1. The second kappa shape index (κ2) is 4.92. The van der Waals surface area contributed by atoms with E-state index >= 15 is 0 Å². The number of amides is 1. The first-order valence-electron chi connectivity index (χ1n) is 7.14. The summed E-state index contributed by atoms with van der Waals surface area (Å²) in [6.45, 7) is 5.06. The van der Waals surface area contributed by atoms with Crippen molar-refractivity contribution < 1.29 is 9.90 Å². The number of hydrogen-bond acceptors (Lipinski definition) is 4. The van der Waals surface area contributed by atoms with Crippen molar-refractivity contribution in [1.82, 2.24) is 14.9 Å². The van der Waals surface area contributed by atoms with Crippen molar-refractivity contribution in [2.24, 2.45) is 0 Å². The van der Waals surface area contributed by atoms with Gasteiger partial charge in [-0.15, -0.1) is 0 Å². The molecule has 0 unspecified atom stereocenters. The van der Waals surface area contributed by atoms with Crippen LogP contribution in [0.15, 0.2) is 12.4 Å². The van der Waals surface area contributed by atoms with Crippen molar-refractivity contribution in [3.05, 3.63) is 18.0 Å². The van der Waals surface area contributed by atoms with Crippen LogP contribution in [0.2, 0.25) is 0 Å². The maximum absolute atomic E-state index is 11.2. The van der Waals surface area contributed by atoms with Gasteiger partial charge in [-0.25, -0.2) is 14.8 Å². The SMILES string of the molecule is C[C@@H]1CN(c2ncc(C3CC3)cn2)[C@H](C)CN1C(=O)O. The number of carbonyl (C=O) groups is 1. The van der Waals surface area contributed by atoms with E-state index in [1.54, 1.807) is 0 Å². The average Bonchev–Trinajstić information content (AvgIpc) is 3.25. The van der Waals surface area contributed by atoms with Crippen molar-refractivity contribution in [3.63, 3.8) is 0 Å². The van der Waals surface area contributed by atoms with Gasteiger partial charge in [0, 0.05) is 37.6 Å². The molecule has 0 bridgehead atoms. The van der Waals surface area contributed by atoms with E-state index in [0.717, 1.165) is 0 Å². The zero-order chi connectivity index (χ0) is 14.3. The van der Waals surface area contributed by atoms with Gasteiger partial charge in [-0.1, -0.05) is 0 Å². The van der Waals surface area contributed by atoms with E-state index in [2.05, 4.69) is 14.9 Å². The topological polar surface area (TPSA) is 69.6 Å². The van der Waals surface area contributed by atoms with Crippen molar-refractivity contribution in [2.45, 2.75) is 44.7 Å². The molecule has 0 aromatic carbocycles. The van der Waals surface area contributed by atoms with Crippen LogP contribution in [-0.2, 0) is 0 Å². The van der Waals surface area contributed by atoms with Gasteiger partial charge in [-0.2, -0.15) is 0 Å². The van der Waals surface area contributed by atoms with Crippen molar-refractivity contribution >= 4 is 12.0 Å². The van der Waals surface area contributed by atoms with Crippen molar-refractivity contribution in [1.29, 1.82) is 0 Å². The number of piperazine rings is 1. The monoisotopic (exact) mass is 276 g/mol. The zero-order valence-corrected chi connectivity index (χ0v) is 11.9. The Morgan fingerprint density at radius 1 is 1.20 bits per heavy atom. The normalized spacial score (nSPS) is 26.7. The standard InChI is InChI=1S/C14H20N4O2/c1-9-8-18(14(19)20)10(2)7-17(9)13-15-5-12(6-16-13)11-3-4-11/h5-6,9-11H,3-4,7-8H2,1-2H3,(H,19,20)/t9-,10-/m1/s1. The maximum Gasteiger partial charge on any atom is 0.407 e. The largest absolute Gasteiger partial charge is 0.465 e. The van der Waals surface area contributed by atoms with Gasteiger partial charge in [-0.3, -0.25) is 0 Å². The fourth-order valence-electron chi connectivity index (χ4n) is 2.78. The van der Waals surface area contributed by atoms with Gasteiger partial charge in [0.25, 0.3) is 0 Å². The summed E-state index contributed by atoms with van der Waals surface area (Å²) in [4.78, 5) is 23.7. The second-order valence-electron chi connectivity index (χ2n) is 5.88. The van der Waals surface area contributed by atoms with Gasteiger partial charge in [0.1, 0.15) is 0 Å². The lowest BCUT2D eigenvalue weighted by Gasteiger charge is -2.42. The van der Waals surface area contributed by atoms with E-state index in [9.17, 15) is 4.79 Å². The molecule has 1 N–H and O–H groups in total. The smallest absolute Gasteiger partial charge is 0.407 e. The maximum atomic E-state index is 11.2. The molecule has 0 spiro atoms. The predicted octanol–water partition coefficient (Wildman–Crippen LogP) is 1.93. The number of aromatic nitrogens is 2. The Morgan fingerprint density at radius 3 is 2.40 bits per heavy atom. The molecule has 1 saturated heterocycles. The van der Waals surface area contributed by atoms with Crippen LogP contribution < -0.4 is 4.90 Å². The minimum Gasteiger partial charge on any atom is -0.465 e. The summed E-state index contributed by atoms with van der Waals surface area (Å²) in [5, 5.41) is 9.16. The Balaban J connectivity index is 1.74. The third-order valence-electron chi connectivity index (χ3n) is 4.20. The van der Waals surface area contributed by atoms with Crippen molar-refractivity contribution in [2.75, 3.05) is 18.0 Å². The highest BCUT2D eigenvalue weighted by atomic mass is 16.4. The highest BCUT2D eigenvalue weighted by Gasteiger charge is 2.33. The zero-order valence-electron chi connectivity index (χ0n) is 11.9. The molecule has 1 amide bonds. The third kappa shape index (κ3) is 2.42. The molecule has 2 heterocycles. The van der Waals surface area contributed by atoms with E-state index < -0.39 is 6.09 Å². The van der Waals surface area contributed by atoms with Crippen LogP contribution in [0.1, 0.15) is 38.2 Å². The molecule has 1 saturated carbocycles. The quantitative estimate of drug-likeness (QED) is 0.893. The van der Waals surface area contributed by atoms with Crippen LogP contribution in [-0.4, -0.2) is 51.2 Å². The van der Waals surface area contributed by atoms with Crippen LogP contribution in [0.25, 0.3) is 0 Å². The first kappa shape index (κ1) is 13.1. The van der Waals surface area contributed by atoms with Crippen LogP contribution >= 0.6 is 0 Å². The Labute approximate surface area is 118 Å². The molecule has 3 rings (SSSR count). The van der Waals surface area contributed by atoms with Gasteiger partial charge in [0.15, 0.2) is 0 Å². The van der Waals surface area contributed by atoms with Crippen molar-refractivity contribution in [3.8, 4) is 0 Å². The van der Waals surface area contributed by atoms with Crippen LogP contribution in [0.4, 0.5) is 10.7 Å². The summed E-state index contributed by atoms with van der Waals surface area (Å²) in [5.74, 6) is 1.36. The molecule has 6 heteroatoms. The van der Waals surface area contributed by atoms with E-state index in [1.165, 1.54) is 23.3 Å². The molecule has 1 aromatic rings. The third-order valence-corrected chi connectivity index (χ3v) is 4.20. The van der Waals surface area contributed by atoms with Crippen LogP contribution in [0, 0.1) is 0 Å². The summed E-state index contributed by atoms with van der Waals surface area (Å²) in [7, 11) is 0. The Morgan fingerprint density at radius 2 is 1.85 bits per heavy atom. The van der Waals surface area contributed by atoms with Gasteiger partial charge >= 0.3 is 6.09 Å². The minimum absolute atomic E-state index is 0.0459. The summed E-state index contributed by atoms with van der Waals surface area (Å²) >= 11 is 0. The molecule has 2 fully saturated rings. The lowest BCUT2D eigenvalue weighted by molar-refractivity contribution is 0.114. The molecular formula is C14H20N4O2. The van der Waals surface area contributed by atoms with E-state index in [-0.39, 0.29) is 12.1 Å². The number of nitrogens with zero attached hydrogens (tertiary/aromatic N) is 4. The number of hydrogen-bond donors (Lipinski definition) is 1. The van der Waals surface area contributed by atoms with Crippen LogP contribution in [0.5, 0.6) is 0 Å². The highest BCUT2D eigenvalue weighted by molar-refractivity contribution is 5.66. The molecule has 0 radical (unpaired) electrons. The lowest BCUT2D eigenvalue weighted by atomic mass is 10.1. The molecule has 6 nitrogen and oxygen atoms in total. The predicted molar refractivity (Wildman–Crippen MR) is 75.0 cm³/mol. The molecule has 2 aliphatic rings. The van der Waals surface area contributed by atoms with Gasteiger partial charge in [0.2, 0.25) is 5.95 Å². The Kier molecular flexibility index (Phi) is 3.23. The van der Waals surface area contributed by atoms with E-state index in [4.69, 9.17) is 5.11 Å². The number of rotatable bonds is 2. The molecule has 1 aromatic heterocycles. The summed E-state index contributed by atoms with van der Waals surface area (Å²) in [6.07, 6.45) is 5.47. The van der Waals surface area contributed by atoms with Crippen LogP contribution in [0.3, 0.4) is 0 Å². The average molecular weight is 276 g/mol. The molecule has 20 heavy (non-hydrogen) atoms. The summed E-state index contributed by atoms with van der Waals surface area (Å²) in [5.41, 5.74) is 1.22. The fourth-order valence-corrected chi connectivity index (χ4v) is 2.78. The number of carboxylic acid groups (broad SMARTS) is 1. The first-order chi connectivity index (χ1) is 9.56. The van der Waals surface area contributed by atoms with E-state index in [0.29, 0.717) is 25.0 Å². The summed E-state index contributed by atoms with van der Waals surface area (Å²) < 4.78 is 0. The molecule has 2 atom stereocenters. The van der Waals surface area contributed by atoms with Gasteiger partial charge in [0.05, 0.1) is 0 Å². The molecule has 1 aliphatic carbocycles. The molecule has 108 valence electrons. The Hall–Kier alpha value is -1.85. The first-order valence-corrected chi connectivity index (χ1v) is 7.14.